The molecule has 2 aromatic heterocycles. The van der Waals surface area contributed by atoms with Gasteiger partial charge in [-0.25, -0.2) is 0 Å². The molecule has 3 aromatic rings. The van der Waals surface area contributed by atoms with E-state index in [-0.39, 0.29) is 5.91 Å². The predicted octanol–water partition coefficient (Wildman–Crippen LogP) is 4.54. The highest BCUT2D eigenvalue weighted by Crippen LogP contribution is 2.26. The fraction of sp³-hybridized carbons (Fsp3) is 0.333. The smallest absolute Gasteiger partial charge is 0.251 e. The molecule has 4 rings (SSSR count). The van der Waals surface area contributed by atoms with Crippen molar-refractivity contribution in [2.45, 2.75) is 38.6 Å². The van der Waals surface area contributed by atoms with Crippen molar-refractivity contribution < 1.29 is 4.79 Å². The predicted molar refractivity (Wildman–Crippen MR) is 100 cm³/mol. The van der Waals surface area contributed by atoms with E-state index < -0.39 is 0 Å². The summed E-state index contributed by atoms with van der Waals surface area (Å²) in [5.41, 5.74) is 3.74. The Kier molecular flexibility index (Phi) is 4.26. The second-order valence-corrected chi connectivity index (χ2v) is 7.11. The third-order valence-electron chi connectivity index (χ3n) is 5.25. The second-order valence-electron chi connectivity index (χ2n) is 7.11. The lowest BCUT2D eigenvalue weighted by Gasteiger charge is -2.26. The molecule has 1 amide bonds. The molecule has 2 heterocycles. The van der Waals surface area contributed by atoms with E-state index in [0.29, 0.717) is 11.6 Å². The van der Waals surface area contributed by atoms with Crippen LogP contribution in [0.2, 0.25) is 0 Å². The summed E-state index contributed by atoms with van der Waals surface area (Å²) in [6, 6.07) is 12.1. The molecular formula is C21H23N3O. The second kappa shape index (κ2) is 6.71. The maximum atomic E-state index is 12.5. The van der Waals surface area contributed by atoms with E-state index in [4.69, 9.17) is 0 Å². The van der Waals surface area contributed by atoms with Crippen LogP contribution < -0.4 is 5.32 Å². The van der Waals surface area contributed by atoms with Gasteiger partial charge in [-0.15, -0.1) is 0 Å². The third-order valence-corrected chi connectivity index (χ3v) is 5.25. The molecule has 0 bridgehead atoms. The van der Waals surface area contributed by atoms with Gasteiger partial charge in [-0.1, -0.05) is 19.1 Å². The zero-order valence-electron chi connectivity index (χ0n) is 14.5. The van der Waals surface area contributed by atoms with Crippen LogP contribution in [0.25, 0.3) is 22.2 Å². The van der Waals surface area contributed by atoms with Crippen molar-refractivity contribution in [3.8, 4) is 11.3 Å². The van der Waals surface area contributed by atoms with Crippen molar-refractivity contribution in [2.24, 2.45) is 5.92 Å². The zero-order chi connectivity index (χ0) is 17.2. The van der Waals surface area contributed by atoms with Gasteiger partial charge in [0.2, 0.25) is 0 Å². The summed E-state index contributed by atoms with van der Waals surface area (Å²) >= 11 is 0. The maximum absolute atomic E-state index is 12.5. The fourth-order valence-corrected chi connectivity index (χ4v) is 3.67. The first kappa shape index (κ1) is 15.9. The number of carbonyl (C=O) groups excluding carboxylic acids is 1. The monoisotopic (exact) mass is 333 g/mol. The van der Waals surface area contributed by atoms with E-state index in [2.05, 4.69) is 22.2 Å². The Balaban J connectivity index is 1.50. The molecule has 4 heteroatoms. The van der Waals surface area contributed by atoms with Gasteiger partial charge < -0.3 is 10.3 Å². The molecule has 1 aliphatic carbocycles. The molecule has 0 atom stereocenters. The highest BCUT2D eigenvalue weighted by atomic mass is 16.1. The van der Waals surface area contributed by atoms with Crippen LogP contribution in [0, 0.1) is 5.92 Å². The van der Waals surface area contributed by atoms with Gasteiger partial charge in [0.05, 0.1) is 5.69 Å². The topological polar surface area (TPSA) is 57.8 Å². The molecule has 0 aliphatic heterocycles. The van der Waals surface area contributed by atoms with Gasteiger partial charge in [-0.3, -0.25) is 9.78 Å². The number of hydrogen-bond acceptors (Lipinski definition) is 2. The fourth-order valence-electron chi connectivity index (χ4n) is 3.67. The number of amides is 1. The molecule has 0 radical (unpaired) electrons. The van der Waals surface area contributed by atoms with E-state index >= 15 is 0 Å². The van der Waals surface area contributed by atoms with E-state index in [9.17, 15) is 4.79 Å². The third kappa shape index (κ3) is 3.29. The molecule has 0 unspecified atom stereocenters. The molecule has 1 aromatic carbocycles. The van der Waals surface area contributed by atoms with Crippen molar-refractivity contribution >= 4 is 16.8 Å². The molecule has 4 nitrogen and oxygen atoms in total. The molecule has 1 aliphatic rings. The molecule has 2 N–H and O–H groups in total. The first-order chi connectivity index (χ1) is 12.2. The van der Waals surface area contributed by atoms with Crippen molar-refractivity contribution in [3.05, 3.63) is 54.4 Å². The van der Waals surface area contributed by atoms with Crippen LogP contribution in [0.5, 0.6) is 0 Å². The number of hydrogen-bond donors (Lipinski definition) is 2. The SMILES string of the molecule is CC1CCC(NC(=O)c2ccc(-c3nccc4[nH]ccc34)cc2)CC1. The van der Waals surface area contributed by atoms with Gasteiger partial charge >= 0.3 is 0 Å². The Morgan fingerprint density at radius 2 is 1.84 bits per heavy atom. The standard InChI is InChI=1S/C21H23N3O/c1-14-2-8-17(9-3-14)24-21(25)16-6-4-15(5-7-16)20-18-10-12-22-19(18)11-13-23-20/h4-7,10-14,17,22H,2-3,8-9H2,1H3,(H,24,25). The summed E-state index contributed by atoms with van der Waals surface area (Å²) in [6.45, 7) is 2.29. The van der Waals surface area contributed by atoms with Crippen molar-refractivity contribution in [2.75, 3.05) is 0 Å². The van der Waals surface area contributed by atoms with Gasteiger partial charge in [-0.2, -0.15) is 0 Å². The number of benzene rings is 1. The van der Waals surface area contributed by atoms with Crippen LogP contribution in [0.15, 0.2) is 48.8 Å². The lowest BCUT2D eigenvalue weighted by Crippen LogP contribution is -2.37. The van der Waals surface area contributed by atoms with Crippen LogP contribution in [0.4, 0.5) is 0 Å². The number of aromatic nitrogens is 2. The molecule has 0 spiro atoms. The van der Waals surface area contributed by atoms with Gasteiger partial charge in [-0.05, 0) is 55.9 Å². The lowest BCUT2D eigenvalue weighted by molar-refractivity contribution is 0.0923. The average Bonchev–Trinajstić information content (AvgIpc) is 3.12. The Morgan fingerprint density at radius 1 is 1.08 bits per heavy atom. The largest absolute Gasteiger partial charge is 0.361 e. The van der Waals surface area contributed by atoms with Gasteiger partial charge in [0.15, 0.2) is 0 Å². The first-order valence-corrected chi connectivity index (χ1v) is 9.04. The van der Waals surface area contributed by atoms with E-state index in [0.717, 1.165) is 40.9 Å². The molecule has 1 fully saturated rings. The van der Waals surface area contributed by atoms with Gasteiger partial charge in [0, 0.05) is 40.5 Å². The summed E-state index contributed by atoms with van der Waals surface area (Å²) in [5, 5.41) is 4.27. The summed E-state index contributed by atoms with van der Waals surface area (Å²) in [5.74, 6) is 0.815. The van der Waals surface area contributed by atoms with Crippen LogP contribution in [0.3, 0.4) is 0 Å². The zero-order valence-corrected chi connectivity index (χ0v) is 14.5. The van der Waals surface area contributed by atoms with E-state index in [1.54, 1.807) is 6.20 Å². The number of pyridine rings is 1. The number of rotatable bonds is 3. The summed E-state index contributed by atoms with van der Waals surface area (Å²) < 4.78 is 0. The molecule has 25 heavy (non-hydrogen) atoms. The van der Waals surface area contributed by atoms with E-state index in [1.807, 2.05) is 42.6 Å². The maximum Gasteiger partial charge on any atom is 0.251 e. The summed E-state index contributed by atoms with van der Waals surface area (Å²) in [6.07, 6.45) is 8.31. The molecule has 1 saturated carbocycles. The van der Waals surface area contributed by atoms with Crippen molar-refractivity contribution in [3.63, 3.8) is 0 Å². The van der Waals surface area contributed by atoms with Crippen LogP contribution in [0.1, 0.15) is 43.0 Å². The summed E-state index contributed by atoms with van der Waals surface area (Å²) in [4.78, 5) is 20.2. The Morgan fingerprint density at radius 3 is 2.60 bits per heavy atom. The minimum absolute atomic E-state index is 0.0268. The average molecular weight is 333 g/mol. The summed E-state index contributed by atoms with van der Waals surface area (Å²) in [7, 11) is 0. The van der Waals surface area contributed by atoms with Crippen molar-refractivity contribution in [1.82, 2.24) is 15.3 Å². The highest BCUT2D eigenvalue weighted by molar-refractivity contribution is 5.96. The molecular weight excluding hydrogens is 310 g/mol. The van der Waals surface area contributed by atoms with Crippen LogP contribution >= 0.6 is 0 Å². The Bertz CT molecular complexity index is 874. The first-order valence-electron chi connectivity index (χ1n) is 9.04. The number of carbonyl (C=O) groups is 1. The molecule has 128 valence electrons. The number of H-pyrrole nitrogens is 1. The number of nitrogens with zero attached hydrogens (tertiary/aromatic N) is 1. The highest BCUT2D eigenvalue weighted by Gasteiger charge is 2.20. The Hall–Kier alpha value is -2.62. The number of fused-ring (bicyclic) bond motifs is 1. The lowest BCUT2D eigenvalue weighted by atomic mass is 9.87. The van der Waals surface area contributed by atoms with E-state index in [1.165, 1.54) is 12.8 Å². The number of aromatic amines is 1. The van der Waals surface area contributed by atoms with Crippen molar-refractivity contribution in [1.29, 1.82) is 0 Å². The molecule has 0 saturated heterocycles. The quantitative estimate of drug-likeness (QED) is 0.739. The van der Waals surface area contributed by atoms with Crippen LogP contribution in [-0.4, -0.2) is 21.9 Å². The van der Waals surface area contributed by atoms with Crippen LogP contribution in [-0.2, 0) is 0 Å². The van der Waals surface area contributed by atoms with Gasteiger partial charge in [0.25, 0.3) is 5.91 Å². The Labute approximate surface area is 147 Å². The minimum atomic E-state index is 0.0268. The van der Waals surface area contributed by atoms with Gasteiger partial charge in [0.1, 0.15) is 0 Å². The normalized spacial score (nSPS) is 20.5. The number of nitrogens with one attached hydrogen (secondary N) is 2. The minimum Gasteiger partial charge on any atom is -0.361 e.